The molecule has 0 atom stereocenters. The van der Waals surface area contributed by atoms with Crippen molar-refractivity contribution >= 4 is 11.5 Å². The fourth-order valence-corrected chi connectivity index (χ4v) is 2.51. The zero-order chi connectivity index (χ0) is 14.9. The van der Waals surface area contributed by atoms with Crippen LogP contribution in [0.3, 0.4) is 0 Å². The molecule has 1 heterocycles. The van der Waals surface area contributed by atoms with Gasteiger partial charge in [-0.25, -0.2) is 4.68 Å². The summed E-state index contributed by atoms with van der Waals surface area (Å²) in [5.41, 5.74) is 0.628. The van der Waals surface area contributed by atoms with E-state index in [0.717, 1.165) is 12.8 Å². The highest BCUT2D eigenvalue weighted by atomic mass is 16.6. The quantitative estimate of drug-likeness (QED) is 0.640. The van der Waals surface area contributed by atoms with Crippen LogP contribution in [-0.2, 0) is 11.8 Å². The molecule has 1 N–H and O–H groups in total. The number of ether oxygens (including phenoxy) is 1. The second-order valence-corrected chi connectivity index (χ2v) is 5.51. The number of rotatable bonds is 6. The largest absolute Gasteiger partial charge is 0.378 e. The summed E-state index contributed by atoms with van der Waals surface area (Å²) in [5.74, 6) is 0.522. The number of aryl methyl sites for hydroxylation is 1. The van der Waals surface area contributed by atoms with Crippen molar-refractivity contribution in [1.29, 1.82) is 0 Å². The van der Waals surface area contributed by atoms with Gasteiger partial charge in [-0.2, -0.15) is 5.10 Å². The molecular formula is C13H22N4O3. The van der Waals surface area contributed by atoms with Crippen molar-refractivity contribution in [2.45, 2.75) is 51.7 Å². The molecule has 0 unspecified atom stereocenters. The van der Waals surface area contributed by atoms with Crippen molar-refractivity contribution in [3.05, 3.63) is 15.8 Å². The first-order chi connectivity index (χ1) is 9.43. The molecule has 2 rings (SSSR count). The van der Waals surface area contributed by atoms with Gasteiger partial charge in [0.05, 0.1) is 11.0 Å². The number of nitro groups is 1. The van der Waals surface area contributed by atoms with Gasteiger partial charge in [0.15, 0.2) is 0 Å². The monoisotopic (exact) mass is 282 g/mol. The number of nitrogens with zero attached hydrogens (tertiary/aromatic N) is 3. The maximum absolute atomic E-state index is 11.3. The number of hydrogen-bond donors (Lipinski definition) is 1. The van der Waals surface area contributed by atoms with Crippen LogP contribution in [0.25, 0.3) is 0 Å². The van der Waals surface area contributed by atoms with E-state index in [1.165, 1.54) is 0 Å². The van der Waals surface area contributed by atoms with Crippen LogP contribution in [0.4, 0.5) is 11.5 Å². The number of aromatic nitrogens is 2. The lowest BCUT2D eigenvalue weighted by molar-refractivity contribution is -0.384. The highest BCUT2D eigenvalue weighted by molar-refractivity contribution is 5.61. The van der Waals surface area contributed by atoms with Crippen molar-refractivity contribution in [2.24, 2.45) is 7.05 Å². The molecule has 7 heteroatoms. The Hall–Kier alpha value is -1.63. The first-order valence-electron chi connectivity index (χ1n) is 7.03. The molecule has 0 radical (unpaired) electrons. The fourth-order valence-electron chi connectivity index (χ4n) is 2.51. The van der Waals surface area contributed by atoms with Crippen LogP contribution < -0.4 is 5.32 Å². The Labute approximate surface area is 118 Å². The Bertz CT molecular complexity index is 492. The zero-order valence-electron chi connectivity index (χ0n) is 12.4. The molecule has 1 fully saturated rings. The fraction of sp³-hybridized carbons (Fsp3) is 0.769. The zero-order valence-corrected chi connectivity index (χ0v) is 12.4. The third-order valence-corrected chi connectivity index (χ3v) is 3.62. The van der Waals surface area contributed by atoms with Crippen molar-refractivity contribution < 1.29 is 9.66 Å². The SMILES string of the molecule is CCOC1CC(Nc2c([N+](=O)[O-])c(C(C)C)nn2C)C1. The first kappa shape index (κ1) is 14.8. The summed E-state index contributed by atoms with van der Waals surface area (Å²) in [6.45, 7) is 6.50. The lowest BCUT2D eigenvalue weighted by Crippen LogP contribution is -2.41. The van der Waals surface area contributed by atoms with Gasteiger partial charge in [0.25, 0.3) is 0 Å². The van der Waals surface area contributed by atoms with Crippen molar-refractivity contribution in [3.63, 3.8) is 0 Å². The van der Waals surface area contributed by atoms with Crippen LogP contribution in [0, 0.1) is 10.1 Å². The van der Waals surface area contributed by atoms with Gasteiger partial charge in [0.2, 0.25) is 5.82 Å². The van der Waals surface area contributed by atoms with Gasteiger partial charge in [-0.05, 0) is 19.8 Å². The van der Waals surface area contributed by atoms with Crippen molar-refractivity contribution in [1.82, 2.24) is 9.78 Å². The van der Waals surface area contributed by atoms with Gasteiger partial charge in [0, 0.05) is 25.6 Å². The van der Waals surface area contributed by atoms with E-state index in [1.54, 1.807) is 11.7 Å². The summed E-state index contributed by atoms with van der Waals surface area (Å²) in [6.07, 6.45) is 2.04. The molecule has 0 amide bonds. The van der Waals surface area contributed by atoms with Gasteiger partial charge in [-0.3, -0.25) is 10.1 Å². The molecule has 7 nitrogen and oxygen atoms in total. The predicted molar refractivity (Wildman–Crippen MR) is 76.0 cm³/mol. The van der Waals surface area contributed by atoms with Gasteiger partial charge in [-0.15, -0.1) is 0 Å². The minimum atomic E-state index is -0.344. The summed E-state index contributed by atoms with van der Waals surface area (Å²) in [5, 5.41) is 18.8. The lowest BCUT2D eigenvalue weighted by atomic mass is 9.89. The third-order valence-electron chi connectivity index (χ3n) is 3.62. The Morgan fingerprint density at radius 2 is 2.20 bits per heavy atom. The van der Waals surface area contributed by atoms with Crippen LogP contribution in [0.2, 0.25) is 0 Å². The van der Waals surface area contributed by atoms with E-state index in [9.17, 15) is 10.1 Å². The molecular weight excluding hydrogens is 260 g/mol. The van der Waals surface area contributed by atoms with Crippen LogP contribution >= 0.6 is 0 Å². The molecule has 0 aromatic carbocycles. The van der Waals surface area contributed by atoms with E-state index < -0.39 is 0 Å². The van der Waals surface area contributed by atoms with Gasteiger partial charge >= 0.3 is 5.69 Å². The predicted octanol–water partition coefficient (Wildman–Crippen LogP) is 2.43. The number of hydrogen-bond acceptors (Lipinski definition) is 5. The highest BCUT2D eigenvalue weighted by Gasteiger charge is 2.34. The number of nitrogens with one attached hydrogen (secondary N) is 1. The maximum Gasteiger partial charge on any atom is 0.334 e. The Morgan fingerprint density at radius 3 is 2.70 bits per heavy atom. The molecule has 0 saturated heterocycles. The van der Waals surface area contributed by atoms with Gasteiger partial charge in [0.1, 0.15) is 5.69 Å². The van der Waals surface area contributed by atoms with E-state index >= 15 is 0 Å². The number of anilines is 1. The van der Waals surface area contributed by atoms with E-state index in [1.807, 2.05) is 20.8 Å². The molecule has 1 saturated carbocycles. The molecule has 0 bridgehead atoms. The molecule has 0 aliphatic heterocycles. The molecule has 112 valence electrons. The summed E-state index contributed by atoms with van der Waals surface area (Å²) in [7, 11) is 1.74. The molecule has 1 aromatic rings. The van der Waals surface area contributed by atoms with Gasteiger partial charge < -0.3 is 10.1 Å². The minimum absolute atomic E-state index is 0.0229. The Morgan fingerprint density at radius 1 is 1.55 bits per heavy atom. The minimum Gasteiger partial charge on any atom is -0.378 e. The van der Waals surface area contributed by atoms with Gasteiger partial charge in [-0.1, -0.05) is 13.8 Å². The van der Waals surface area contributed by atoms with Crippen molar-refractivity contribution in [2.75, 3.05) is 11.9 Å². The topological polar surface area (TPSA) is 82.2 Å². The normalized spacial score (nSPS) is 21.9. The van der Waals surface area contributed by atoms with E-state index in [-0.39, 0.29) is 28.7 Å². The van der Waals surface area contributed by atoms with Crippen LogP contribution in [0.1, 0.15) is 45.2 Å². The maximum atomic E-state index is 11.3. The van der Waals surface area contributed by atoms with Crippen LogP contribution in [-0.4, -0.2) is 33.5 Å². The van der Waals surface area contributed by atoms with Crippen molar-refractivity contribution in [3.8, 4) is 0 Å². The van der Waals surface area contributed by atoms with Crippen LogP contribution in [0.5, 0.6) is 0 Å². The average Bonchev–Trinajstić information content (AvgIpc) is 2.64. The lowest BCUT2D eigenvalue weighted by Gasteiger charge is -2.35. The molecule has 20 heavy (non-hydrogen) atoms. The summed E-state index contributed by atoms with van der Waals surface area (Å²) < 4.78 is 7.07. The standard InChI is InChI=1S/C13H22N4O3/c1-5-20-10-6-9(7-10)14-13-12(17(18)19)11(8(2)3)15-16(13)4/h8-10,14H,5-7H2,1-4H3. The second-order valence-electron chi connectivity index (χ2n) is 5.51. The summed E-state index contributed by atoms with van der Waals surface area (Å²) >= 11 is 0. The highest BCUT2D eigenvalue weighted by Crippen LogP contribution is 2.35. The van der Waals surface area contributed by atoms with E-state index in [2.05, 4.69) is 10.4 Å². The summed E-state index contributed by atoms with van der Waals surface area (Å²) in [6, 6.07) is 0.223. The molecule has 1 aliphatic carbocycles. The van der Waals surface area contributed by atoms with E-state index in [0.29, 0.717) is 18.1 Å². The second kappa shape index (κ2) is 5.78. The third kappa shape index (κ3) is 2.77. The smallest absolute Gasteiger partial charge is 0.334 e. The molecule has 0 spiro atoms. The average molecular weight is 282 g/mol. The first-order valence-corrected chi connectivity index (χ1v) is 7.03. The van der Waals surface area contributed by atoms with Crippen LogP contribution in [0.15, 0.2) is 0 Å². The Kier molecular flexibility index (Phi) is 4.27. The Balaban J connectivity index is 2.14. The molecule has 1 aliphatic rings. The van der Waals surface area contributed by atoms with E-state index in [4.69, 9.17) is 4.74 Å². The molecule has 1 aromatic heterocycles. The summed E-state index contributed by atoms with van der Waals surface area (Å²) in [4.78, 5) is 11.0.